The van der Waals surface area contributed by atoms with Gasteiger partial charge >= 0.3 is 12.0 Å². The number of anilines is 1. The fourth-order valence-corrected chi connectivity index (χ4v) is 1.36. The molecule has 5 nitrogen and oxygen atoms in total. The number of hydrogen-bond donors (Lipinski definition) is 3. The van der Waals surface area contributed by atoms with Gasteiger partial charge in [-0.1, -0.05) is 11.6 Å². The predicted molar refractivity (Wildman–Crippen MR) is 65.3 cm³/mol. The number of nitrogens with one attached hydrogen (secondary N) is 2. The van der Waals surface area contributed by atoms with Crippen LogP contribution in [0.15, 0.2) is 24.3 Å². The molecule has 6 heteroatoms. The minimum absolute atomic E-state index is 0.117. The summed E-state index contributed by atoms with van der Waals surface area (Å²) in [6, 6.07) is 5.74. The molecule has 3 N–H and O–H groups in total. The SMILES string of the molecule is CC(CC(=O)O)NC(=O)Nc1ccc(Cl)cc1. The lowest BCUT2D eigenvalue weighted by Gasteiger charge is -2.12. The first-order valence-corrected chi connectivity index (χ1v) is 5.40. The van der Waals surface area contributed by atoms with Crippen LogP contribution in [-0.4, -0.2) is 23.1 Å². The molecule has 1 unspecified atom stereocenters. The fourth-order valence-electron chi connectivity index (χ4n) is 1.24. The third-order valence-electron chi connectivity index (χ3n) is 1.96. The van der Waals surface area contributed by atoms with E-state index in [-0.39, 0.29) is 6.42 Å². The summed E-state index contributed by atoms with van der Waals surface area (Å²) in [7, 11) is 0. The van der Waals surface area contributed by atoms with Crippen LogP contribution in [0, 0.1) is 0 Å². The van der Waals surface area contributed by atoms with E-state index in [1.54, 1.807) is 31.2 Å². The first kappa shape index (κ1) is 13.3. The van der Waals surface area contributed by atoms with Crippen LogP contribution < -0.4 is 10.6 Å². The van der Waals surface area contributed by atoms with Gasteiger partial charge in [0.1, 0.15) is 0 Å². The molecule has 0 aliphatic rings. The van der Waals surface area contributed by atoms with Crippen LogP contribution in [0.1, 0.15) is 13.3 Å². The maximum atomic E-state index is 11.4. The Kier molecular flexibility index (Phi) is 4.78. The summed E-state index contributed by atoms with van der Waals surface area (Å²) in [6.07, 6.45) is -0.117. The van der Waals surface area contributed by atoms with Gasteiger partial charge in [0.15, 0.2) is 0 Å². The maximum absolute atomic E-state index is 11.4. The molecule has 0 spiro atoms. The lowest BCUT2D eigenvalue weighted by atomic mass is 10.2. The Bertz CT molecular complexity index is 406. The lowest BCUT2D eigenvalue weighted by Crippen LogP contribution is -2.37. The average molecular weight is 257 g/mol. The number of aliphatic carboxylic acids is 1. The van der Waals surface area contributed by atoms with E-state index >= 15 is 0 Å². The van der Waals surface area contributed by atoms with Gasteiger partial charge in [-0.2, -0.15) is 0 Å². The number of rotatable bonds is 4. The second-order valence-corrected chi connectivity index (χ2v) is 4.04. The van der Waals surface area contributed by atoms with Gasteiger partial charge in [0.2, 0.25) is 0 Å². The number of carbonyl (C=O) groups is 2. The Morgan fingerprint density at radius 3 is 2.47 bits per heavy atom. The molecule has 1 atom stereocenters. The van der Waals surface area contributed by atoms with E-state index < -0.39 is 18.0 Å². The topological polar surface area (TPSA) is 78.4 Å². The quantitative estimate of drug-likeness (QED) is 0.774. The second-order valence-electron chi connectivity index (χ2n) is 3.60. The van der Waals surface area contributed by atoms with E-state index in [9.17, 15) is 9.59 Å². The molecular formula is C11H13ClN2O3. The van der Waals surface area contributed by atoms with E-state index in [0.717, 1.165) is 0 Å². The van der Waals surface area contributed by atoms with Gasteiger partial charge < -0.3 is 15.7 Å². The van der Waals surface area contributed by atoms with Crippen molar-refractivity contribution in [3.63, 3.8) is 0 Å². The normalized spacial score (nSPS) is 11.6. The highest BCUT2D eigenvalue weighted by molar-refractivity contribution is 6.30. The minimum atomic E-state index is -0.954. The molecule has 0 bridgehead atoms. The van der Waals surface area contributed by atoms with Crippen molar-refractivity contribution < 1.29 is 14.7 Å². The number of carbonyl (C=O) groups excluding carboxylic acids is 1. The Morgan fingerprint density at radius 2 is 1.94 bits per heavy atom. The summed E-state index contributed by atoms with van der Waals surface area (Å²) in [5, 5.41) is 14.2. The maximum Gasteiger partial charge on any atom is 0.319 e. The van der Waals surface area contributed by atoms with Gasteiger partial charge in [-0.3, -0.25) is 4.79 Å². The monoisotopic (exact) mass is 256 g/mol. The Morgan fingerprint density at radius 1 is 1.35 bits per heavy atom. The van der Waals surface area contributed by atoms with Crippen LogP contribution in [0.2, 0.25) is 5.02 Å². The Labute approximate surface area is 104 Å². The molecule has 0 aliphatic heterocycles. The molecule has 17 heavy (non-hydrogen) atoms. The highest BCUT2D eigenvalue weighted by atomic mass is 35.5. The zero-order valence-electron chi connectivity index (χ0n) is 9.24. The Hall–Kier alpha value is -1.75. The molecule has 1 aromatic rings. The number of benzene rings is 1. The van der Waals surface area contributed by atoms with E-state index in [2.05, 4.69) is 10.6 Å². The highest BCUT2D eigenvalue weighted by Gasteiger charge is 2.10. The van der Waals surface area contributed by atoms with Gasteiger partial charge in [0, 0.05) is 16.8 Å². The van der Waals surface area contributed by atoms with Crippen molar-refractivity contribution >= 4 is 29.3 Å². The van der Waals surface area contributed by atoms with Gasteiger partial charge in [0.25, 0.3) is 0 Å². The van der Waals surface area contributed by atoms with Crippen LogP contribution in [-0.2, 0) is 4.79 Å². The number of carboxylic acids is 1. The van der Waals surface area contributed by atoms with Crippen LogP contribution in [0.25, 0.3) is 0 Å². The summed E-state index contributed by atoms with van der Waals surface area (Å²) in [4.78, 5) is 21.8. The van der Waals surface area contributed by atoms with Crippen molar-refractivity contribution in [3.05, 3.63) is 29.3 Å². The molecule has 0 heterocycles. The van der Waals surface area contributed by atoms with Gasteiger partial charge in [-0.15, -0.1) is 0 Å². The third kappa shape index (κ3) is 5.21. The average Bonchev–Trinajstić information content (AvgIpc) is 2.19. The van der Waals surface area contributed by atoms with Crippen molar-refractivity contribution in [2.45, 2.75) is 19.4 Å². The number of urea groups is 1. The summed E-state index contributed by atoms with van der Waals surface area (Å²) < 4.78 is 0. The molecule has 1 aromatic carbocycles. The minimum Gasteiger partial charge on any atom is -0.481 e. The van der Waals surface area contributed by atoms with E-state index in [4.69, 9.17) is 16.7 Å². The standard InChI is InChI=1S/C11H13ClN2O3/c1-7(6-10(15)16)13-11(17)14-9-4-2-8(12)3-5-9/h2-5,7H,6H2,1H3,(H,15,16)(H2,13,14,17). The van der Waals surface area contributed by atoms with Gasteiger partial charge in [-0.25, -0.2) is 4.79 Å². The van der Waals surface area contributed by atoms with Crippen LogP contribution >= 0.6 is 11.6 Å². The van der Waals surface area contributed by atoms with Crippen LogP contribution in [0.5, 0.6) is 0 Å². The van der Waals surface area contributed by atoms with Crippen LogP contribution in [0.3, 0.4) is 0 Å². The van der Waals surface area contributed by atoms with E-state index in [0.29, 0.717) is 10.7 Å². The molecule has 0 aliphatic carbocycles. The predicted octanol–water partition coefficient (Wildman–Crippen LogP) is 2.32. The second kappa shape index (κ2) is 6.10. The first-order valence-electron chi connectivity index (χ1n) is 5.02. The van der Waals surface area contributed by atoms with Crippen molar-refractivity contribution in [1.82, 2.24) is 5.32 Å². The molecule has 92 valence electrons. The van der Waals surface area contributed by atoms with Crippen molar-refractivity contribution in [2.24, 2.45) is 0 Å². The molecule has 0 saturated carbocycles. The van der Waals surface area contributed by atoms with E-state index in [1.165, 1.54) is 0 Å². The van der Waals surface area contributed by atoms with E-state index in [1.807, 2.05) is 0 Å². The molecule has 2 amide bonds. The lowest BCUT2D eigenvalue weighted by molar-refractivity contribution is -0.137. The largest absolute Gasteiger partial charge is 0.481 e. The number of carboxylic acid groups (broad SMARTS) is 1. The fraction of sp³-hybridized carbons (Fsp3) is 0.273. The third-order valence-corrected chi connectivity index (χ3v) is 2.21. The summed E-state index contributed by atoms with van der Waals surface area (Å²) in [5.74, 6) is -0.954. The smallest absolute Gasteiger partial charge is 0.319 e. The Balaban J connectivity index is 2.44. The molecule has 0 saturated heterocycles. The van der Waals surface area contributed by atoms with Crippen molar-refractivity contribution in [3.8, 4) is 0 Å². The number of halogens is 1. The summed E-state index contributed by atoms with van der Waals surface area (Å²) in [6.45, 7) is 1.62. The molecule has 0 aromatic heterocycles. The number of hydrogen-bond acceptors (Lipinski definition) is 2. The van der Waals surface area contributed by atoms with Crippen LogP contribution in [0.4, 0.5) is 10.5 Å². The first-order chi connectivity index (χ1) is 7.97. The number of amides is 2. The zero-order chi connectivity index (χ0) is 12.8. The van der Waals surface area contributed by atoms with Gasteiger partial charge in [0.05, 0.1) is 6.42 Å². The molecule has 0 fully saturated rings. The summed E-state index contributed by atoms with van der Waals surface area (Å²) >= 11 is 5.70. The van der Waals surface area contributed by atoms with Crippen molar-refractivity contribution in [1.29, 1.82) is 0 Å². The summed E-state index contributed by atoms with van der Waals surface area (Å²) in [5.41, 5.74) is 0.592. The molecular weight excluding hydrogens is 244 g/mol. The zero-order valence-corrected chi connectivity index (χ0v) is 9.99. The molecule has 1 rings (SSSR count). The van der Waals surface area contributed by atoms with Gasteiger partial charge in [-0.05, 0) is 31.2 Å². The van der Waals surface area contributed by atoms with Crippen molar-refractivity contribution in [2.75, 3.05) is 5.32 Å². The highest BCUT2D eigenvalue weighted by Crippen LogP contribution is 2.13. The molecule has 0 radical (unpaired) electrons.